The molecule has 0 radical (unpaired) electrons. The number of nitrogens with zero attached hydrogens (tertiary/aromatic N) is 2. The van der Waals surface area contributed by atoms with Crippen LogP contribution < -0.4 is 9.46 Å². The minimum absolute atomic E-state index is 0.106. The van der Waals surface area contributed by atoms with E-state index in [1.54, 1.807) is 25.1 Å². The van der Waals surface area contributed by atoms with Gasteiger partial charge in [-0.3, -0.25) is 0 Å². The van der Waals surface area contributed by atoms with Crippen LogP contribution in [0.15, 0.2) is 33.7 Å². The van der Waals surface area contributed by atoms with E-state index in [1.165, 1.54) is 13.2 Å². The second kappa shape index (κ2) is 5.93. The van der Waals surface area contributed by atoms with Crippen molar-refractivity contribution in [2.75, 3.05) is 7.11 Å². The van der Waals surface area contributed by atoms with E-state index in [2.05, 4.69) is 14.9 Å². The van der Waals surface area contributed by atoms with Gasteiger partial charge in [-0.1, -0.05) is 30.1 Å². The van der Waals surface area contributed by atoms with Gasteiger partial charge >= 0.3 is 0 Å². The lowest BCUT2D eigenvalue weighted by molar-refractivity contribution is 0.337. The molecule has 1 fully saturated rings. The molecule has 0 saturated heterocycles. The van der Waals surface area contributed by atoms with Crippen LogP contribution in [0.3, 0.4) is 0 Å². The summed E-state index contributed by atoms with van der Waals surface area (Å²) in [6.07, 6.45) is 3.09. The molecule has 1 aliphatic rings. The van der Waals surface area contributed by atoms with E-state index in [1.807, 2.05) is 0 Å². The highest BCUT2D eigenvalue weighted by molar-refractivity contribution is 7.89. The molecule has 1 aromatic heterocycles. The first-order valence-electron chi connectivity index (χ1n) is 7.45. The smallest absolute Gasteiger partial charge is 0.245 e. The molecule has 1 saturated carbocycles. The van der Waals surface area contributed by atoms with Crippen LogP contribution >= 0.6 is 0 Å². The predicted molar refractivity (Wildman–Crippen MR) is 82.5 cm³/mol. The Balaban J connectivity index is 2.00. The Labute approximate surface area is 135 Å². The maximum atomic E-state index is 12.9. The average molecular weight is 337 g/mol. The van der Waals surface area contributed by atoms with E-state index in [-0.39, 0.29) is 4.90 Å². The molecule has 3 rings (SSSR count). The minimum atomic E-state index is -3.78. The molecule has 7 nitrogen and oxygen atoms in total. The Hall–Kier alpha value is -1.93. The van der Waals surface area contributed by atoms with Crippen molar-refractivity contribution in [3.8, 4) is 5.75 Å². The largest absolute Gasteiger partial charge is 0.495 e. The molecule has 124 valence electrons. The van der Waals surface area contributed by atoms with Gasteiger partial charge in [-0.2, -0.15) is 9.71 Å². The van der Waals surface area contributed by atoms with Crippen molar-refractivity contribution in [1.82, 2.24) is 14.9 Å². The van der Waals surface area contributed by atoms with Gasteiger partial charge in [-0.25, -0.2) is 8.42 Å². The van der Waals surface area contributed by atoms with Gasteiger partial charge in [-0.15, -0.1) is 0 Å². The number of nitrogens with one attached hydrogen (secondary N) is 1. The summed E-state index contributed by atoms with van der Waals surface area (Å²) >= 11 is 0. The lowest BCUT2D eigenvalue weighted by Crippen LogP contribution is -2.44. The maximum absolute atomic E-state index is 12.9. The molecule has 0 unspecified atom stereocenters. The summed E-state index contributed by atoms with van der Waals surface area (Å²) in [6.45, 7) is 1.69. The van der Waals surface area contributed by atoms with Crippen LogP contribution in [-0.2, 0) is 15.6 Å². The monoisotopic (exact) mass is 337 g/mol. The fourth-order valence-corrected chi connectivity index (χ4v) is 4.59. The van der Waals surface area contributed by atoms with Gasteiger partial charge < -0.3 is 9.26 Å². The Morgan fingerprint density at radius 2 is 1.96 bits per heavy atom. The number of rotatable bonds is 5. The number of hydrogen-bond donors (Lipinski definition) is 1. The zero-order valence-corrected chi connectivity index (χ0v) is 13.9. The molecule has 0 aliphatic heterocycles. The Morgan fingerprint density at radius 3 is 2.57 bits per heavy atom. The van der Waals surface area contributed by atoms with Crippen LogP contribution in [-0.4, -0.2) is 25.7 Å². The molecule has 23 heavy (non-hydrogen) atoms. The first-order chi connectivity index (χ1) is 11.0. The fraction of sp³-hybridized carbons (Fsp3) is 0.467. The van der Waals surface area contributed by atoms with Crippen molar-refractivity contribution in [2.45, 2.75) is 43.0 Å². The first-order valence-corrected chi connectivity index (χ1v) is 8.93. The second-order valence-corrected chi connectivity index (χ2v) is 7.33. The summed E-state index contributed by atoms with van der Waals surface area (Å²) in [5.74, 6) is 1.12. The lowest BCUT2D eigenvalue weighted by Gasteiger charge is -2.26. The predicted octanol–water partition coefficient (Wildman–Crippen LogP) is 2.13. The summed E-state index contributed by atoms with van der Waals surface area (Å²) in [7, 11) is -2.33. The zero-order chi connectivity index (χ0) is 16.5. The molecule has 1 N–H and O–H groups in total. The number of benzene rings is 1. The molecule has 0 amide bonds. The van der Waals surface area contributed by atoms with Gasteiger partial charge in [0.15, 0.2) is 5.82 Å². The van der Waals surface area contributed by atoms with E-state index in [0.29, 0.717) is 30.3 Å². The van der Waals surface area contributed by atoms with Crippen LogP contribution in [0.5, 0.6) is 5.75 Å². The zero-order valence-electron chi connectivity index (χ0n) is 13.1. The Bertz CT molecular complexity index is 795. The summed E-state index contributed by atoms with van der Waals surface area (Å²) in [4.78, 5) is 4.35. The van der Waals surface area contributed by atoms with Crippen LogP contribution in [0.2, 0.25) is 0 Å². The fourth-order valence-electron chi connectivity index (χ4n) is 3.00. The van der Waals surface area contributed by atoms with Gasteiger partial charge in [0.2, 0.25) is 15.9 Å². The van der Waals surface area contributed by atoms with Gasteiger partial charge in [0.1, 0.15) is 10.6 Å². The Kier molecular flexibility index (Phi) is 4.11. The van der Waals surface area contributed by atoms with Crippen LogP contribution in [0.4, 0.5) is 0 Å². The van der Waals surface area contributed by atoms with Gasteiger partial charge in [0.25, 0.3) is 0 Å². The number of sulfonamides is 1. The van der Waals surface area contributed by atoms with Gasteiger partial charge in [0.05, 0.1) is 12.6 Å². The highest BCUT2D eigenvalue weighted by Crippen LogP contribution is 2.39. The number of ether oxygens (including phenoxy) is 1. The van der Waals surface area contributed by atoms with Crippen LogP contribution in [0.1, 0.15) is 37.4 Å². The molecule has 0 spiro atoms. The number of para-hydroxylation sites is 1. The number of methoxy groups -OCH3 is 1. The highest BCUT2D eigenvalue weighted by atomic mass is 32.2. The number of aryl methyl sites for hydroxylation is 1. The third-order valence-electron chi connectivity index (χ3n) is 4.10. The lowest BCUT2D eigenvalue weighted by atomic mass is 9.99. The molecule has 8 heteroatoms. The minimum Gasteiger partial charge on any atom is -0.495 e. The summed E-state index contributed by atoms with van der Waals surface area (Å²) in [5, 5.41) is 3.95. The van der Waals surface area contributed by atoms with E-state index < -0.39 is 15.6 Å². The standard InChI is InChI=1S/C15H19N3O4S/c1-11-16-14(17-22-11)15(9-5-6-10-15)18-23(19,20)13-8-4-3-7-12(13)21-2/h3-4,7-8,18H,5-6,9-10H2,1-2H3. The third-order valence-corrected chi connectivity index (χ3v) is 5.68. The number of hydrogen-bond acceptors (Lipinski definition) is 6. The van der Waals surface area contributed by atoms with Gasteiger partial charge in [-0.05, 0) is 25.0 Å². The molecule has 1 aliphatic carbocycles. The first kappa shape index (κ1) is 15.9. The Morgan fingerprint density at radius 1 is 1.26 bits per heavy atom. The highest BCUT2D eigenvalue weighted by Gasteiger charge is 2.43. The molecular formula is C15H19N3O4S. The quantitative estimate of drug-likeness (QED) is 0.898. The van der Waals surface area contributed by atoms with E-state index in [0.717, 1.165) is 12.8 Å². The third kappa shape index (κ3) is 2.96. The molecule has 2 aromatic rings. The normalized spacial score (nSPS) is 17.3. The van der Waals surface area contributed by atoms with E-state index in [4.69, 9.17) is 9.26 Å². The molecule has 1 aromatic carbocycles. The molecule has 1 heterocycles. The van der Waals surface area contributed by atoms with E-state index >= 15 is 0 Å². The summed E-state index contributed by atoms with van der Waals surface area (Å²) < 4.78 is 38.8. The van der Waals surface area contributed by atoms with Crippen molar-refractivity contribution in [3.05, 3.63) is 36.0 Å². The maximum Gasteiger partial charge on any atom is 0.245 e. The number of aromatic nitrogens is 2. The summed E-state index contributed by atoms with van der Waals surface area (Å²) in [5.41, 5.74) is -0.822. The van der Waals surface area contributed by atoms with Gasteiger partial charge in [0, 0.05) is 6.92 Å². The SMILES string of the molecule is COc1ccccc1S(=O)(=O)NC1(c2noc(C)n2)CCCC1. The topological polar surface area (TPSA) is 94.3 Å². The molecular weight excluding hydrogens is 318 g/mol. The average Bonchev–Trinajstić information content (AvgIpc) is 3.17. The van der Waals surface area contributed by atoms with Crippen LogP contribution in [0, 0.1) is 6.92 Å². The van der Waals surface area contributed by atoms with Crippen molar-refractivity contribution in [1.29, 1.82) is 0 Å². The summed E-state index contributed by atoms with van der Waals surface area (Å²) in [6, 6.07) is 6.53. The molecule has 0 bridgehead atoms. The van der Waals surface area contributed by atoms with Crippen molar-refractivity contribution < 1.29 is 17.7 Å². The second-order valence-electron chi connectivity index (χ2n) is 5.68. The van der Waals surface area contributed by atoms with E-state index in [9.17, 15) is 8.42 Å². The molecule has 0 atom stereocenters. The van der Waals surface area contributed by atoms with Crippen LogP contribution in [0.25, 0.3) is 0 Å². The van der Waals surface area contributed by atoms with Crippen molar-refractivity contribution in [2.24, 2.45) is 0 Å². The van der Waals surface area contributed by atoms with Crippen molar-refractivity contribution in [3.63, 3.8) is 0 Å². The van der Waals surface area contributed by atoms with Crippen molar-refractivity contribution >= 4 is 10.0 Å².